The predicted molar refractivity (Wildman–Crippen MR) is 98.6 cm³/mol. The molecule has 2 N–H and O–H groups in total. The summed E-state index contributed by atoms with van der Waals surface area (Å²) in [6.07, 6.45) is -0.777. The molecule has 0 bridgehead atoms. The smallest absolute Gasteiger partial charge is 0.265 e. The van der Waals surface area contributed by atoms with Crippen LogP contribution in [0.2, 0.25) is 0 Å². The monoisotopic (exact) mass is 354 g/mol. The second-order valence-electron chi connectivity index (χ2n) is 6.40. The van der Waals surface area contributed by atoms with Gasteiger partial charge in [0, 0.05) is 5.69 Å². The summed E-state index contributed by atoms with van der Waals surface area (Å²) in [4.78, 5) is 24.4. The van der Waals surface area contributed by atoms with Crippen LogP contribution in [0.15, 0.2) is 36.4 Å². The van der Waals surface area contributed by atoms with Crippen molar-refractivity contribution in [3.8, 4) is 11.5 Å². The van der Waals surface area contributed by atoms with E-state index in [2.05, 4.69) is 10.6 Å². The average molecular weight is 354 g/mol. The van der Waals surface area contributed by atoms with Crippen molar-refractivity contribution in [2.24, 2.45) is 0 Å². The third kappa shape index (κ3) is 3.96. The van der Waals surface area contributed by atoms with Crippen LogP contribution in [0.25, 0.3) is 0 Å². The van der Waals surface area contributed by atoms with E-state index in [-0.39, 0.29) is 25.0 Å². The van der Waals surface area contributed by atoms with Crippen LogP contribution in [-0.2, 0) is 9.59 Å². The van der Waals surface area contributed by atoms with Gasteiger partial charge in [-0.2, -0.15) is 0 Å². The number of amides is 2. The number of fused-ring (bicyclic) bond motifs is 1. The standard InChI is InChI=1S/C20H22N2O4/c1-12-8-13(2)19(14(3)9-12)22-18(23)10-21-20(24)17-11-25-15-6-4-5-7-16(15)26-17/h4-9,17H,10-11H2,1-3H3,(H,21,24)(H,22,23)/t17-/m1/s1. The maximum atomic E-state index is 12.2. The largest absolute Gasteiger partial charge is 0.485 e. The van der Waals surface area contributed by atoms with E-state index in [1.807, 2.05) is 45.0 Å². The van der Waals surface area contributed by atoms with Gasteiger partial charge >= 0.3 is 0 Å². The van der Waals surface area contributed by atoms with E-state index in [0.717, 1.165) is 22.4 Å². The Morgan fingerprint density at radius 3 is 2.42 bits per heavy atom. The Kier molecular flexibility index (Phi) is 5.11. The molecule has 2 aromatic carbocycles. The number of para-hydroxylation sites is 2. The molecule has 1 aliphatic rings. The minimum absolute atomic E-state index is 0.112. The molecule has 0 saturated carbocycles. The summed E-state index contributed by atoms with van der Waals surface area (Å²) in [5.74, 6) is 0.464. The third-order valence-electron chi connectivity index (χ3n) is 4.17. The Labute approximate surface area is 152 Å². The zero-order valence-corrected chi connectivity index (χ0v) is 15.1. The number of hydrogen-bond donors (Lipinski definition) is 2. The van der Waals surface area contributed by atoms with Crippen molar-refractivity contribution in [1.82, 2.24) is 5.32 Å². The SMILES string of the molecule is Cc1cc(C)c(NC(=O)CNC(=O)[C@H]2COc3ccccc3O2)c(C)c1. The highest BCUT2D eigenvalue weighted by Gasteiger charge is 2.27. The van der Waals surface area contributed by atoms with Crippen LogP contribution < -0.4 is 20.1 Å². The van der Waals surface area contributed by atoms with Gasteiger partial charge in [0.15, 0.2) is 11.5 Å². The summed E-state index contributed by atoms with van der Waals surface area (Å²) in [7, 11) is 0. The lowest BCUT2D eigenvalue weighted by molar-refractivity contribution is -0.131. The first kappa shape index (κ1) is 17.8. The highest BCUT2D eigenvalue weighted by Crippen LogP contribution is 2.30. The number of rotatable bonds is 4. The molecule has 3 rings (SSSR count). The molecule has 0 spiro atoms. The summed E-state index contributed by atoms with van der Waals surface area (Å²) >= 11 is 0. The van der Waals surface area contributed by atoms with Gasteiger partial charge in [0.1, 0.15) is 6.61 Å². The Hall–Kier alpha value is -3.02. The number of anilines is 1. The molecule has 1 heterocycles. The topological polar surface area (TPSA) is 76.7 Å². The molecule has 2 amide bonds. The Bertz CT molecular complexity index is 824. The van der Waals surface area contributed by atoms with E-state index >= 15 is 0 Å². The molecule has 0 unspecified atom stereocenters. The van der Waals surface area contributed by atoms with Crippen LogP contribution in [0.3, 0.4) is 0 Å². The van der Waals surface area contributed by atoms with Crippen LogP contribution in [-0.4, -0.2) is 31.1 Å². The quantitative estimate of drug-likeness (QED) is 0.884. The maximum absolute atomic E-state index is 12.2. The van der Waals surface area contributed by atoms with Crippen molar-refractivity contribution >= 4 is 17.5 Å². The van der Waals surface area contributed by atoms with E-state index < -0.39 is 6.10 Å². The highest BCUT2D eigenvalue weighted by atomic mass is 16.6. The predicted octanol–water partition coefficient (Wildman–Crippen LogP) is 2.51. The highest BCUT2D eigenvalue weighted by molar-refractivity contribution is 5.96. The van der Waals surface area contributed by atoms with Crippen LogP contribution in [0.5, 0.6) is 11.5 Å². The number of carbonyl (C=O) groups excluding carboxylic acids is 2. The molecular formula is C20H22N2O4. The molecule has 0 aromatic heterocycles. The molecule has 6 nitrogen and oxygen atoms in total. The third-order valence-corrected chi connectivity index (χ3v) is 4.17. The van der Waals surface area contributed by atoms with Crippen molar-refractivity contribution in [1.29, 1.82) is 0 Å². The van der Waals surface area contributed by atoms with Gasteiger partial charge in [-0.05, 0) is 44.0 Å². The second kappa shape index (κ2) is 7.47. The van der Waals surface area contributed by atoms with Crippen molar-refractivity contribution < 1.29 is 19.1 Å². The van der Waals surface area contributed by atoms with Gasteiger partial charge in [-0.3, -0.25) is 9.59 Å². The van der Waals surface area contributed by atoms with E-state index in [0.29, 0.717) is 11.5 Å². The van der Waals surface area contributed by atoms with Crippen LogP contribution in [0.4, 0.5) is 5.69 Å². The molecule has 1 aliphatic heterocycles. The molecule has 0 radical (unpaired) electrons. The first-order valence-corrected chi connectivity index (χ1v) is 8.48. The average Bonchev–Trinajstić information content (AvgIpc) is 2.62. The Morgan fingerprint density at radius 1 is 1.08 bits per heavy atom. The minimum Gasteiger partial charge on any atom is -0.485 e. The minimum atomic E-state index is -0.777. The fourth-order valence-electron chi connectivity index (χ4n) is 2.99. The van der Waals surface area contributed by atoms with Crippen molar-refractivity contribution in [3.63, 3.8) is 0 Å². The van der Waals surface area contributed by atoms with E-state index in [1.54, 1.807) is 12.1 Å². The van der Waals surface area contributed by atoms with E-state index in [9.17, 15) is 9.59 Å². The number of hydrogen-bond acceptors (Lipinski definition) is 4. The molecule has 0 aliphatic carbocycles. The van der Waals surface area contributed by atoms with Crippen molar-refractivity contribution in [2.75, 3.05) is 18.5 Å². The van der Waals surface area contributed by atoms with Crippen LogP contribution in [0, 0.1) is 20.8 Å². The maximum Gasteiger partial charge on any atom is 0.265 e. The molecule has 26 heavy (non-hydrogen) atoms. The fraction of sp³-hybridized carbons (Fsp3) is 0.300. The summed E-state index contributed by atoms with van der Waals surface area (Å²) in [5.41, 5.74) is 3.90. The van der Waals surface area contributed by atoms with Crippen molar-refractivity contribution in [3.05, 3.63) is 53.1 Å². The summed E-state index contributed by atoms with van der Waals surface area (Å²) < 4.78 is 11.1. The van der Waals surface area contributed by atoms with Gasteiger partial charge < -0.3 is 20.1 Å². The number of carbonyl (C=O) groups is 2. The molecule has 2 aromatic rings. The van der Waals surface area contributed by atoms with Gasteiger partial charge in [-0.1, -0.05) is 29.8 Å². The van der Waals surface area contributed by atoms with Crippen LogP contribution in [0.1, 0.15) is 16.7 Å². The number of ether oxygens (including phenoxy) is 2. The lowest BCUT2D eigenvalue weighted by Crippen LogP contribution is -2.46. The van der Waals surface area contributed by atoms with E-state index in [1.165, 1.54) is 0 Å². The summed E-state index contributed by atoms with van der Waals surface area (Å²) in [5, 5.41) is 5.45. The molecule has 0 fully saturated rings. The number of aryl methyl sites for hydroxylation is 3. The van der Waals surface area contributed by atoms with Gasteiger partial charge in [-0.25, -0.2) is 0 Å². The van der Waals surface area contributed by atoms with Gasteiger partial charge in [0.05, 0.1) is 6.54 Å². The normalized spacial score (nSPS) is 15.3. The Balaban J connectivity index is 1.54. The molecule has 1 atom stereocenters. The fourth-order valence-corrected chi connectivity index (χ4v) is 2.99. The van der Waals surface area contributed by atoms with Gasteiger partial charge in [0.25, 0.3) is 5.91 Å². The number of benzene rings is 2. The lowest BCUT2D eigenvalue weighted by atomic mass is 10.1. The van der Waals surface area contributed by atoms with E-state index in [4.69, 9.17) is 9.47 Å². The number of nitrogens with one attached hydrogen (secondary N) is 2. The molecular weight excluding hydrogens is 332 g/mol. The summed E-state index contributed by atoms with van der Waals surface area (Å²) in [6, 6.07) is 11.2. The Morgan fingerprint density at radius 2 is 1.73 bits per heavy atom. The first-order valence-electron chi connectivity index (χ1n) is 8.48. The van der Waals surface area contributed by atoms with Crippen LogP contribution >= 0.6 is 0 Å². The molecule has 0 saturated heterocycles. The second-order valence-corrected chi connectivity index (χ2v) is 6.40. The zero-order valence-electron chi connectivity index (χ0n) is 15.1. The van der Waals surface area contributed by atoms with Crippen molar-refractivity contribution in [2.45, 2.75) is 26.9 Å². The molecule has 6 heteroatoms. The van der Waals surface area contributed by atoms with Gasteiger partial charge in [-0.15, -0.1) is 0 Å². The van der Waals surface area contributed by atoms with Gasteiger partial charge in [0.2, 0.25) is 12.0 Å². The zero-order chi connectivity index (χ0) is 18.7. The first-order chi connectivity index (χ1) is 12.4. The molecule has 136 valence electrons. The lowest BCUT2D eigenvalue weighted by Gasteiger charge is -2.25. The summed E-state index contributed by atoms with van der Waals surface area (Å²) in [6.45, 7) is 5.88.